The van der Waals surface area contributed by atoms with Gasteiger partial charge in [0.1, 0.15) is 0 Å². The first-order valence-corrected chi connectivity index (χ1v) is 7.15. The van der Waals surface area contributed by atoms with Gasteiger partial charge < -0.3 is 15.4 Å². The van der Waals surface area contributed by atoms with Crippen LogP contribution < -0.4 is 10.6 Å². The summed E-state index contributed by atoms with van der Waals surface area (Å²) >= 11 is 1.81. The van der Waals surface area contributed by atoms with Crippen molar-refractivity contribution in [3.05, 3.63) is 29.8 Å². The molecule has 5 heteroatoms. The number of thioether (sulfide) groups is 1. The third-order valence-electron chi connectivity index (χ3n) is 2.74. The van der Waals surface area contributed by atoms with Gasteiger partial charge in [-0.1, -0.05) is 12.1 Å². The van der Waals surface area contributed by atoms with Crippen molar-refractivity contribution in [2.24, 2.45) is 0 Å². The molecule has 0 aromatic heterocycles. The first-order valence-electron chi connectivity index (χ1n) is 5.99. The quantitative estimate of drug-likeness (QED) is 0.866. The van der Waals surface area contributed by atoms with E-state index in [0.29, 0.717) is 6.61 Å². The van der Waals surface area contributed by atoms with Crippen LogP contribution in [0.1, 0.15) is 5.56 Å². The van der Waals surface area contributed by atoms with Gasteiger partial charge in [-0.3, -0.25) is 4.79 Å². The van der Waals surface area contributed by atoms with Gasteiger partial charge in [0.05, 0.1) is 12.6 Å². The zero-order valence-electron chi connectivity index (χ0n) is 10.4. The number of hydrogen-bond acceptors (Lipinski definition) is 4. The topological polar surface area (TPSA) is 50.4 Å². The van der Waals surface area contributed by atoms with E-state index in [-0.39, 0.29) is 11.9 Å². The number of hydrogen-bond donors (Lipinski definition) is 2. The highest BCUT2D eigenvalue weighted by atomic mass is 32.2. The Hall–Kier alpha value is -1.04. The normalized spacial score (nSPS) is 19.5. The van der Waals surface area contributed by atoms with Crippen LogP contribution in [-0.4, -0.2) is 37.1 Å². The third kappa shape index (κ3) is 3.73. The van der Waals surface area contributed by atoms with E-state index in [1.807, 2.05) is 36.0 Å². The highest BCUT2D eigenvalue weighted by Gasteiger charge is 2.20. The van der Waals surface area contributed by atoms with Crippen molar-refractivity contribution in [2.45, 2.75) is 12.6 Å². The lowest BCUT2D eigenvalue weighted by molar-refractivity contribution is -0.117. The number of nitrogens with one attached hydrogen (secondary N) is 2. The molecule has 18 heavy (non-hydrogen) atoms. The Bertz CT molecular complexity index is 406. The molecule has 1 aliphatic rings. The molecular weight excluding hydrogens is 248 g/mol. The summed E-state index contributed by atoms with van der Waals surface area (Å²) in [4.78, 5) is 12.0. The van der Waals surface area contributed by atoms with Crippen LogP contribution in [0.3, 0.4) is 0 Å². The Kier molecular flexibility index (Phi) is 5.04. The Morgan fingerprint density at radius 3 is 3.22 bits per heavy atom. The van der Waals surface area contributed by atoms with E-state index < -0.39 is 0 Å². The Labute approximate surface area is 111 Å². The van der Waals surface area contributed by atoms with Gasteiger partial charge in [0.2, 0.25) is 5.91 Å². The van der Waals surface area contributed by atoms with Crippen LogP contribution in [0.15, 0.2) is 24.3 Å². The van der Waals surface area contributed by atoms with Crippen LogP contribution >= 0.6 is 11.8 Å². The number of amides is 1. The first-order chi connectivity index (χ1) is 8.79. The average molecular weight is 266 g/mol. The van der Waals surface area contributed by atoms with E-state index in [2.05, 4.69) is 10.6 Å². The number of anilines is 1. The summed E-state index contributed by atoms with van der Waals surface area (Å²) in [5.74, 6) is 1.95. The van der Waals surface area contributed by atoms with Crippen LogP contribution in [0.5, 0.6) is 0 Å². The zero-order chi connectivity index (χ0) is 12.8. The van der Waals surface area contributed by atoms with Gasteiger partial charge in [-0.25, -0.2) is 0 Å². The van der Waals surface area contributed by atoms with Gasteiger partial charge in [-0.15, -0.1) is 0 Å². The molecule has 1 saturated heterocycles. The molecule has 1 fully saturated rings. The van der Waals surface area contributed by atoms with Crippen molar-refractivity contribution in [3.63, 3.8) is 0 Å². The lowest BCUT2D eigenvalue weighted by Crippen LogP contribution is -2.46. The van der Waals surface area contributed by atoms with E-state index in [1.165, 1.54) is 0 Å². The second kappa shape index (κ2) is 6.78. The number of carbonyl (C=O) groups is 1. The second-order valence-corrected chi connectivity index (χ2v) is 5.35. The molecule has 98 valence electrons. The molecule has 1 aromatic rings. The Morgan fingerprint density at radius 1 is 1.61 bits per heavy atom. The van der Waals surface area contributed by atoms with E-state index in [1.54, 1.807) is 7.11 Å². The third-order valence-corrected chi connectivity index (χ3v) is 3.81. The van der Waals surface area contributed by atoms with Gasteiger partial charge in [0.25, 0.3) is 0 Å². The SMILES string of the molecule is COCc1cccc(NC(=O)C2CSCCN2)c1. The standard InChI is InChI=1S/C13H18N2O2S/c1-17-8-10-3-2-4-11(7-10)15-13(16)12-9-18-6-5-14-12/h2-4,7,12,14H,5-6,8-9H2,1H3,(H,15,16). The molecule has 1 unspecified atom stereocenters. The Morgan fingerprint density at radius 2 is 2.50 bits per heavy atom. The minimum Gasteiger partial charge on any atom is -0.380 e. The van der Waals surface area contributed by atoms with E-state index in [9.17, 15) is 4.79 Å². The summed E-state index contributed by atoms with van der Waals surface area (Å²) < 4.78 is 5.08. The number of methoxy groups -OCH3 is 1. The lowest BCUT2D eigenvalue weighted by Gasteiger charge is -2.22. The van der Waals surface area contributed by atoms with Gasteiger partial charge >= 0.3 is 0 Å². The highest BCUT2D eigenvalue weighted by molar-refractivity contribution is 7.99. The van der Waals surface area contributed by atoms with Crippen LogP contribution in [0, 0.1) is 0 Å². The van der Waals surface area contributed by atoms with Crippen molar-refractivity contribution in [1.29, 1.82) is 0 Å². The van der Waals surface area contributed by atoms with Gasteiger partial charge in [0.15, 0.2) is 0 Å². The molecule has 0 saturated carbocycles. The molecule has 0 spiro atoms. The van der Waals surface area contributed by atoms with Gasteiger partial charge in [-0.05, 0) is 17.7 Å². The molecule has 2 rings (SSSR count). The van der Waals surface area contributed by atoms with Crippen LogP contribution in [0.4, 0.5) is 5.69 Å². The van der Waals surface area contributed by atoms with E-state index >= 15 is 0 Å². The fourth-order valence-corrected chi connectivity index (χ4v) is 2.80. The molecule has 1 aromatic carbocycles. The predicted molar refractivity (Wildman–Crippen MR) is 74.9 cm³/mol. The predicted octanol–water partition coefficient (Wildman–Crippen LogP) is 1.48. The minimum absolute atomic E-state index is 0.0387. The summed E-state index contributed by atoms with van der Waals surface area (Å²) in [6.07, 6.45) is 0. The van der Waals surface area contributed by atoms with Crippen LogP contribution in [-0.2, 0) is 16.1 Å². The monoisotopic (exact) mass is 266 g/mol. The maximum absolute atomic E-state index is 12.0. The van der Waals surface area contributed by atoms with Crippen molar-refractivity contribution < 1.29 is 9.53 Å². The molecule has 0 radical (unpaired) electrons. The zero-order valence-corrected chi connectivity index (χ0v) is 11.3. The minimum atomic E-state index is -0.0881. The van der Waals surface area contributed by atoms with Crippen LogP contribution in [0.25, 0.3) is 0 Å². The Balaban J connectivity index is 1.95. The van der Waals surface area contributed by atoms with Crippen molar-refractivity contribution in [3.8, 4) is 0 Å². The molecule has 1 heterocycles. The molecule has 2 N–H and O–H groups in total. The van der Waals surface area contributed by atoms with E-state index in [0.717, 1.165) is 29.3 Å². The van der Waals surface area contributed by atoms with Crippen molar-refractivity contribution in [1.82, 2.24) is 5.32 Å². The first kappa shape index (κ1) is 13.4. The maximum Gasteiger partial charge on any atom is 0.242 e. The molecular formula is C13H18N2O2S. The smallest absolute Gasteiger partial charge is 0.242 e. The average Bonchev–Trinajstić information content (AvgIpc) is 2.40. The summed E-state index contributed by atoms with van der Waals surface area (Å²) in [7, 11) is 1.66. The van der Waals surface area contributed by atoms with Gasteiger partial charge in [0, 0.05) is 30.8 Å². The number of carbonyl (C=O) groups excluding carboxylic acids is 1. The largest absolute Gasteiger partial charge is 0.380 e. The lowest BCUT2D eigenvalue weighted by atomic mass is 10.2. The van der Waals surface area contributed by atoms with Crippen molar-refractivity contribution >= 4 is 23.4 Å². The number of rotatable bonds is 4. The highest BCUT2D eigenvalue weighted by Crippen LogP contribution is 2.14. The molecule has 1 amide bonds. The maximum atomic E-state index is 12.0. The summed E-state index contributed by atoms with van der Waals surface area (Å²) in [6.45, 7) is 1.45. The van der Waals surface area contributed by atoms with Gasteiger partial charge in [-0.2, -0.15) is 11.8 Å². The number of benzene rings is 1. The molecule has 0 bridgehead atoms. The fraction of sp³-hybridized carbons (Fsp3) is 0.462. The molecule has 4 nitrogen and oxygen atoms in total. The van der Waals surface area contributed by atoms with Crippen LogP contribution in [0.2, 0.25) is 0 Å². The summed E-state index contributed by atoms with van der Waals surface area (Å²) in [6, 6.07) is 7.65. The molecule has 0 aliphatic carbocycles. The van der Waals surface area contributed by atoms with Crippen molar-refractivity contribution in [2.75, 3.05) is 30.5 Å². The summed E-state index contributed by atoms with van der Waals surface area (Å²) in [5, 5.41) is 6.16. The number of ether oxygens (including phenoxy) is 1. The molecule has 1 aliphatic heterocycles. The molecule has 1 atom stereocenters. The second-order valence-electron chi connectivity index (χ2n) is 4.20. The van der Waals surface area contributed by atoms with E-state index in [4.69, 9.17) is 4.74 Å². The fourth-order valence-electron chi connectivity index (χ4n) is 1.87. The summed E-state index contributed by atoms with van der Waals surface area (Å²) in [5.41, 5.74) is 1.88.